The van der Waals surface area contributed by atoms with Gasteiger partial charge >= 0.3 is 0 Å². The van der Waals surface area contributed by atoms with Gasteiger partial charge in [-0.15, -0.1) is 0 Å². The van der Waals surface area contributed by atoms with Crippen LogP contribution >= 0.6 is 0 Å². The third kappa shape index (κ3) is 4.94. The molecule has 2 heterocycles. The molecule has 3 aliphatic rings. The molecular formula is C17H29N3O4S. The first-order valence-corrected chi connectivity index (χ1v) is 11.2. The Labute approximate surface area is 150 Å². The van der Waals surface area contributed by atoms with Gasteiger partial charge in [0.25, 0.3) is 0 Å². The normalized spacial score (nSPS) is 27.9. The Kier molecular flexibility index (Phi) is 5.99. The Morgan fingerprint density at radius 3 is 2.24 bits per heavy atom. The number of nitrogens with one attached hydrogen (secondary N) is 1. The minimum absolute atomic E-state index is 0.0171. The molecule has 3 fully saturated rings. The Morgan fingerprint density at radius 1 is 0.880 bits per heavy atom. The van der Waals surface area contributed by atoms with Crippen LogP contribution in [0.1, 0.15) is 51.4 Å². The number of carbonyl (C=O) groups excluding carboxylic acids is 2. The van der Waals surface area contributed by atoms with E-state index in [1.807, 2.05) is 4.90 Å². The fourth-order valence-electron chi connectivity index (χ4n) is 4.16. The second-order valence-electron chi connectivity index (χ2n) is 7.55. The standard InChI is InChI=1S/C17H29N3O4S/c21-16(13-14-5-2-1-3-6-14)19-8-4-9-20(11-10-19)17(22)15-7-12-25(23,24)18-15/h14-15,18H,1-13H2. The van der Waals surface area contributed by atoms with Crippen molar-refractivity contribution in [1.29, 1.82) is 0 Å². The van der Waals surface area contributed by atoms with E-state index in [0.29, 0.717) is 44.9 Å². The number of sulfonamides is 1. The average Bonchev–Trinajstić information content (AvgIpc) is 2.81. The van der Waals surface area contributed by atoms with Crippen molar-refractivity contribution < 1.29 is 18.0 Å². The molecule has 142 valence electrons. The van der Waals surface area contributed by atoms with E-state index in [-0.39, 0.29) is 17.6 Å². The number of carbonyl (C=O) groups is 2. The smallest absolute Gasteiger partial charge is 0.240 e. The molecule has 3 rings (SSSR count). The van der Waals surface area contributed by atoms with E-state index in [4.69, 9.17) is 0 Å². The maximum atomic E-state index is 12.6. The molecule has 25 heavy (non-hydrogen) atoms. The molecule has 1 atom stereocenters. The summed E-state index contributed by atoms with van der Waals surface area (Å²) in [7, 11) is -3.29. The zero-order valence-electron chi connectivity index (χ0n) is 14.8. The van der Waals surface area contributed by atoms with Crippen LogP contribution in [0.3, 0.4) is 0 Å². The molecular weight excluding hydrogens is 342 g/mol. The summed E-state index contributed by atoms with van der Waals surface area (Å²) in [6.45, 7) is 2.32. The molecule has 0 bridgehead atoms. The lowest BCUT2D eigenvalue weighted by atomic mass is 9.86. The minimum Gasteiger partial charge on any atom is -0.341 e. The van der Waals surface area contributed by atoms with Crippen LogP contribution in [-0.4, -0.2) is 68.0 Å². The Hall–Kier alpha value is -1.15. The van der Waals surface area contributed by atoms with E-state index in [0.717, 1.165) is 19.3 Å². The van der Waals surface area contributed by atoms with Gasteiger partial charge in [-0.1, -0.05) is 19.3 Å². The summed E-state index contributed by atoms with van der Waals surface area (Å²) in [5, 5.41) is 0. The number of hydrogen-bond donors (Lipinski definition) is 1. The van der Waals surface area contributed by atoms with Crippen LogP contribution in [0.2, 0.25) is 0 Å². The molecule has 2 amide bonds. The van der Waals surface area contributed by atoms with E-state index >= 15 is 0 Å². The second kappa shape index (κ2) is 8.03. The topological polar surface area (TPSA) is 86.8 Å². The minimum atomic E-state index is -3.29. The average molecular weight is 372 g/mol. The number of amides is 2. The van der Waals surface area contributed by atoms with Gasteiger partial charge in [-0.05, 0) is 31.6 Å². The van der Waals surface area contributed by atoms with Crippen LogP contribution in [0.25, 0.3) is 0 Å². The highest BCUT2D eigenvalue weighted by molar-refractivity contribution is 7.89. The lowest BCUT2D eigenvalue weighted by molar-refractivity contribution is -0.135. The van der Waals surface area contributed by atoms with Gasteiger partial charge in [-0.25, -0.2) is 13.1 Å². The molecule has 0 radical (unpaired) electrons. The second-order valence-corrected chi connectivity index (χ2v) is 9.42. The molecule has 1 unspecified atom stereocenters. The third-order valence-electron chi connectivity index (χ3n) is 5.64. The predicted octanol–water partition coefficient (Wildman–Crippen LogP) is 0.709. The van der Waals surface area contributed by atoms with Crippen LogP contribution in [0.5, 0.6) is 0 Å². The van der Waals surface area contributed by atoms with E-state index in [1.165, 1.54) is 19.3 Å². The predicted molar refractivity (Wildman–Crippen MR) is 94.3 cm³/mol. The molecule has 0 aromatic heterocycles. The van der Waals surface area contributed by atoms with Crippen LogP contribution in [0.15, 0.2) is 0 Å². The monoisotopic (exact) mass is 371 g/mol. The Bertz CT molecular complexity index is 601. The fraction of sp³-hybridized carbons (Fsp3) is 0.882. The highest BCUT2D eigenvalue weighted by atomic mass is 32.2. The first kappa shape index (κ1) is 18.6. The van der Waals surface area contributed by atoms with Crippen molar-refractivity contribution in [2.75, 3.05) is 31.9 Å². The van der Waals surface area contributed by atoms with Gasteiger partial charge in [0.2, 0.25) is 21.8 Å². The van der Waals surface area contributed by atoms with Crippen molar-refractivity contribution in [3.63, 3.8) is 0 Å². The van der Waals surface area contributed by atoms with Gasteiger partial charge < -0.3 is 9.80 Å². The Morgan fingerprint density at radius 2 is 1.56 bits per heavy atom. The summed E-state index contributed by atoms with van der Waals surface area (Å²) >= 11 is 0. The molecule has 0 spiro atoms. The zero-order valence-corrected chi connectivity index (χ0v) is 15.6. The van der Waals surface area contributed by atoms with Crippen LogP contribution in [0.4, 0.5) is 0 Å². The fourth-order valence-corrected chi connectivity index (χ4v) is 5.47. The van der Waals surface area contributed by atoms with Gasteiger partial charge in [0.1, 0.15) is 6.04 Å². The molecule has 0 aromatic rings. The van der Waals surface area contributed by atoms with Gasteiger partial charge in [0.15, 0.2) is 0 Å². The summed E-state index contributed by atoms with van der Waals surface area (Å²) in [5.41, 5.74) is 0. The molecule has 7 nitrogen and oxygen atoms in total. The van der Waals surface area contributed by atoms with Crippen LogP contribution in [-0.2, 0) is 19.6 Å². The highest BCUT2D eigenvalue weighted by Gasteiger charge is 2.35. The zero-order chi connectivity index (χ0) is 17.9. The largest absolute Gasteiger partial charge is 0.341 e. The summed E-state index contributed by atoms with van der Waals surface area (Å²) in [6, 6.07) is -0.630. The quantitative estimate of drug-likeness (QED) is 0.792. The third-order valence-corrected chi connectivity index (χ3v) is 7.06. The summed E-state index contributed by atoms with van der Waals surface area (Å²) < 4.78 is 25.4. The lowest BCUT2D eigenvalue weighted by Gasteiger charge is -2.26. The molecule has 2 saturated heterocycles. The van der Waals surface area contributed by atoms with E-state index < -0.39 is 16.1 Å². The number of rotatable bonds is 3. The van der Waals surface area contributed by atoms with E-state index in [2.05, 4.69) is 4.72 Å². The van der Waals surface area contributed by atoms with Crippen molar-refractivity contribution in [3.05, 3.63) is 0 Å². The maximum absolute atomic E-state index is 12.6. The lowest BCUT2D eigenvalue weighted by Crippen LogP contribution is -2.46. The Balaban J connectivity index is 1.50. The van der Waals surface area contributed by atoms with Crippen molar-refractivity contribution in [2.45, 2.75) is 57.4 Å². The molecule has 0 aromatic carbocycles. The van der Waals surface area contributed by atoms with Crippen molar-refractivity contribution in [1.82, 2.24) is 14.5 Å². The van der Waals surface area contributed by atoms with Gasteiger partial charge in [0, 0.05) is 32.6 Å². The summed E-state index contributed by atoms with van der Waals surface area (Å²) in [6.07, 6.45) is 7.80. The summed E-state index contributed by atoms with van der Waals surface area (Å²) in [5.74, 6) is 0.601. The van der Waals surface area contributed by atoms with Gasteiger partial charge in [-0.2, -0.15) is 0 Å². The highest BCUT2D eigenvalue weighted by Crippen LogP contribution is 2.27. The first-order valence-electron chi connectivity index (χ1n) is 9.51. The van der Waals surface area contributed by atoms with Crippen LogP contribution in [0, 0.1) is 5.92 Å². The van der Waals surface area contributed by atoms with Gasteiger partial charge in [0.05, 0.1) is 5.75 Å². The van der Waals surface area contributed by atoms with Gasteiger partial charge in [-0.3, -0.25) is 9.59 Å². The number of nitrogens with zero attached hydrogens (tertiary/aromatic N) is 2. The van der Waals surface area contributed by atoms with Crippen LogP contribution < -0.4 is 4.72 Å². The number of hydrogen-bond acceptors (Lipinski definition) is 4. The molecule has 1 saturated carbocycles. The van der Waals surface area contributed by atoms with Crippen molar-refractivity contribution in [3.8, 4) is 0 Å². The van der Waals surface area contributed by atoms with Crippen molar-refractivity contribution in [2.24, 2.45) is 5.92 Å². The van der Waals surface area contributed by atoms with Crippen molar-refractivity contribution >= 4 is 21.8 Å². The summed E-state index contributed by atoms with van der Waals surface area (Å²) in [4.78, 5) is 28.7. The molecule has 8 heteroatoms. The maximum Gasteiger partial charge on any atom is 0.240 e. The molecule has 1 N–H and O–H groups in total. The first-order chi connectivity index (χ1) is 11.9. The SMILES string of the molecule is O=C(CC1CCCCC1)N1CCCN(C(=O)C2CCS(=O)(=O)N2)CC1. The molecule has 2 aliphatic heterocycles. The van der Waals surface area contributed by atoms with E-state index in [9.17, 15) is 18.0 Å². The molecule has 1 aliphatic carbocycles. The van der Waals surface area contributed by atoms with E-state index in [1.54, 1.807) is 4.90 Å².